The number of allylic oxidation sites excluding steroid dienone is 2. The largest absolute Gasteiger partial charge is 1.00 e. The zero-order valence-electron chi connectivity index (χ0n) is 15.7. The van der Waals surface area contributed by atoms with Crippen LogP contribution in [0.4, 0.5) is 0 Å². The zero-order chi connectivity index (χ0) is 18.9. The van der Waals surface area contributed by atoms with Gasteiger partial charge in [0.2, 0.25) is 5.84 Å². The van der Waals surface area contributed by atoms with Gasteiger partial charge < -0.3 is 17.1 Å². The molecule has 146 valence electrons. The second-order valence-corrected chi connectivity index (χ2v) is 7.21. The summed E-state index contributed by atoms with van der Waals surface area (Å²) in [5.74, 6) is 2.26. The molecule has 1 atom stereocenters. The van der Waals surface area contributed by atoms with Crippen molar-refractivity contribution < 1.29 is 26.8 Å². The van der Waals surface area contributed by atoms with Crippen LogP contribution in [0.25, 0.3) is 0 Å². The van der Waals surface area contributed by atoms with Gasteiger partial charge in [0.15, 0.2) is 5.70 Å². The number of benzene rings is 2. The van der Waals surface area contributed by atoms with Crippen molar-refractivity contribution in [1.82, 2.24) is 0 Å². The van der Waals surface area contributed by atoms with E-state index >= 15 is 0 Å². The Morgan fingerprint density at radius 2 is 1.90 bits per heavy atom. The first-order valence-corrected chi connectivity index (χ1v) is 9.47. The minimum absolute atomic E-state index is 0. The van der Waals surface area contributed by atoms with E-state index in [1.165, 1.54) is 0 Å². The highest BCUT2D eigenvalue weighted by Crippen LogP contribution is 2.33. The van der Waals surface area contributed by atoms with Gasteiger partial charge in [-0.2, -0.15) is 4.99 Å². The number of hydrogen-bond acceptors (Lipinski definition) is 4. The fourth-order valence-electron chi connectivity index (χ4n) is 3.73. The summed E-state index contributed by atoms with van der Waals surface area (Å²) >= 11 is 0. The average molecular weight is 406 g/mol. The molecule has 0 radical (unpaired) electrons. The molecule has 0 bridgehead atoms. The first-order chi connectivity index (χ1) is 13.8. The monoisotopic (exact) mass is 405 g/mol. The average Bonchev–Trinajstić information content (AvgIpc) is 3.10. The van der Waals surface area contributed by atoms with E-state index in [2.05, 4.69) is 17.1 Å². The van der Waals surface area contributed by atoms with E-state index in [0.717, 1.165) is 39.0 Å². The Kier molecular flexibility index (Phi) is 5.43. The minimum Gasteiger partial charge on any atom is -1.00 e. The lowest BCUT2D eigenvalue weighted by molar-refractivity contribution is -0.689. The maximum Gasteiger partial charge on any atom is 0.243 e. The summed E-state index contributed by atoms with van der Waals surface area (Å²) in [6.07, 6.45) is 6.82. The number of carbonyl (C=O) groups is 1. The van der Waals surface area contributed by atoms with Crippen molar-refractivity contribution in [2.45, 2.75) is 19.4 Å². The molecule has 0 aromatic heterocycles. The second-order valence-electron chi connectivity index (χ2n) is 7.21. The molecule has 2 aromatic rings. The lowest BCUT2D eigenvalue weighted by Gasteiger charge is -2.23. The molecule has 2 aliphatic heterocycles. The van der Waals surface area contributed by atoms with Gasteiger partial charge in [-0.25, -0.2) is 4.90 Å². The molecule has 6 heteroatoms. The molecule has 0 amide bonds. The van der Waals surface area contributed by atoms with Crippen molar-refractivity contribution in [3.05, 3.63) is 89.5 Å². The van der Waals surface area contributed by atoms with Crippen LogP contribution in [0.2, 0.25) is 0 Å². The zero-order valence-corrected chi connectivity index (χ0v) is 16.5. The predicted octanol–water partition coefficient (Wildman–Crippen LogP) is -0.339. The van der Waals surface area contributed by atoms with Crippen molar-refractivity contribution in [2.75, 3.05) is 0 Å². The van der Waals surface area contributed by atoms with Gasteiger partial charge in [0.25, 0.3) is 0 Å². The molecule has 5 nitrogen and oxygen atoms in total. The number of ketones is 1. The number of Topliss-reactive ketones (excluding diaryl/α,β-unsaturated/α-hetero) is 1. The smallest absolute Gasteiger partial charge is 0.243 e. The highest BCUT2D eigenvalue weighted by Gasteiger charge is 2.40. The predicted molar refractivity (Wildman–Crippen MR) is 107 cm³/mol. The van der Waals surface area contributed by atoms with Gasteiger partial charge in [-0.15, -0.1) is 0 Å². The Hall–Kier alpha value is -3.02. The third-order valence-corrected chi connectivity index (χ3v) is 5.28. The molecule has 1 unspecified atom stereocenters. The van der Waals surface area contributed by atoms with Crippen LogP contribution < -0.4 is 22.0 Å². The van der Waals surface area contributed by atoms with Gasteiger partial charge in [-0.3, -0.25) is 9.79 Å². The summed E-state index contributed by atoms with van der Waals surface area (Å²) in [7, 11) is 0. The Morgan fingerprint density at radius 3 is 2.69 bits per heavy atom. The summed E-state index contributed by atoms with van der Waals surface area (Å²) < 4.78 is 5.98. The fraction of sp³-hybridized carbons (Fsp3) is 0.174. The van der Waals surface area contributed by atoms with Crippen LogP contribution in [0, 0.1) is 5.92 Å². The lowest BCUT2D eigenvalue weighted by Crippen LogP contribution is -3.08. The quantitative estimate of drug-likeness (QED) is 0.740. The maximum absolute atomic E-state index is 11.5. The number of amidine groups is 1. The first kappa shape index (κ1) is 19.3. The number of aliphatic imine (C=N–C) groups is 2. The van der Waals surface area contributed by atoms with E-state index in [1.807, 2.05) is 54.9 Å². The van der Waals surface area contributed by atoms with Crippen LogP contribution in [-0.2, 0) is 11.4 Å². The molecule has 0 spiro atoms. The highest BCUT2D eigenvalue weighted by atomic mass is 35.5. The van der Waals surface area contributed by atoms with Crippen molar-refractivity contribution >= 4 is 17.8 Å². The molecule has 3 aliphatic rings. The van der Waals surface area contributed by atoms with Crippen LogP contribution >= 0.6 is 0 Å². The number of halogens is 1. The molecule has 2 aromatic carbocycles. The standard InChI is InChI=1S/C23H19N3O2.ClH/c27-19-11-18(12-19)22-21-14-24-9-10-26(21)23(25-22)17-7-4-8-20(13-17)28-15-16-5-2-1-3-6-16;/h1-10,13-14,18H,11-12,15H2;1H. The first-order valence-electron chi connectivity index (χ1n) is 9.47. The number of nitrogens with zero attached hydrogens (tertiary/aromatic N) is 2. The van der Waals surface area contributed by atoms with Gasteiger partial charge in [0.1, 0.15) is 30.0 Å². The number of carbonyl (C=O) groups excluding carboxylic acids is 1. The van der Waals surface area contributed by atoms with Crippen molar-refractivity contribution in [3.8, 4) is 5.75 Å². The number of nitrogens with one attached hydrogen (secondary N) is 1. The minimum atomic E-state index is 0. The number of quaternary nitrogens is 1. The van der Waals surface area contributed by atoms with E-state index in [-0.39, 0.29) is 18.3 Å². The summed E-state index contributed by atoms with van der Waals surface area (Å²) in [4.78, 5) is 21.7. The fourth-order valence-corrected chi connectivity index (χ4v) is 3.73. The normalized spacial score (nSPS) is 20.1. The number of ether oxygens (including phenoxy) is 1. The number of hydrogen-bond donors (Lipinski definition) is 1. The molecule has 1 N–H and O–H groups in total. The van der Waals surface area contributed by atoms with Gasteiger partial charge in [0, 0.05) is 18.8 Å². The molecule has 1 saturated carbocycles. The van der Waals surface area contributed by atoms with E-state index in [1.54, 1.807) is 6.20 Å². The van der Waals surface area contributed by atoms with Gasteiger partial charge >= 0.3 is 0 Å². The van der Waals surface area contributed by atoms with E-state index in [4.69, 9.17) is 9.73 Å². The SMILES string of the molecule is O=C1CC(C2=C3C=NC=C[NH+]3C(c3cccc(OCc4ccccc4)c3)=N2)C1.[Cl-]. The summed E-state index contributed by atoms with van der Waals surface area (Å²) in [5.41, 5.74) is 4.19. The van der Waals surface area contributed by atoms with E-state index in [0.29, 0.717) is 25.2 Å². The molecule has 0 saturated heterocycles. The number of rotatable bonds is 5. The van der Waals surface area contributed by atoms with Crippen LogP contribution in [-0.4, -0.2) is 17.8 Å². The van der Waals surface area contributed by atoms with Crippen LogP contribution in [0.5, 0.6) is 5.75 Å². The third kappa shape index (κ3) is 3.79. The molecule has 1 fully saturated rings. The Balaban J connectivity index is 0.00000205. The third-order valence-electron chi connectivity index (χ3n) is 5.28. The lowest BCUT2D eigenvalue weighted by atomic mass is 9.81. The molecule has 5 rings (SSSR count). The summed E-state index contributed by atoms with van der Waals surface area (Å²) in [6.45, 7) is 0.527. The summed E-state index contributed by atoms with van der Waals surface area (Å²) in [5, 5.41) is 0. The Labute approximate surface area is 175 Å². The Bertz CT molecular complexity index is 1050. The molecule has 29 heavy (non-hydrogen) atoms. The van der Waals surface area contributed by atoms with Gasteiger partial charge in [-0.1, -0.05) is 36.4 Å². The number of fused-ring (bicyclic) bond motifs is 1. The van der Waals surface area contributed by atoms with Crippen LogP contribution in [0.3, 0.4) is 0 Å². The van der Waals surface area contributed by atoms with Crippen LogP contribution in [0.15, 0.2) is 88.4 Å². The molecule has 2 heterocycles. The highest BCUT2D eigenvalue weighted by molar-refractivity contribution is 5.99. The molecular weight excluding hydrogens is 386 g/mol. The van der Waals surface area contributed by atoms with Crippen molar-refractivity contribution in [1.29, 1.82) is 0 Å². The van der Waals surface area contributed by atoms with E-state index < -0.39 is 0 Å². The molecular formula is C23H20ClN3O2. The second kappa shape index (κ2) is 8.15. The molecule has 1 aliphatic carbocycles. The van der Waals surface area contributed by atoms with Crippen LogP contribution in [0.1, 0.15) is 24.0 Å². The van der Waals surface area contributed by atoms with E-state index in [9.17, 15) is 4.79 Å². The topological polar surface area (TPSA) is 55.5 Å². The van der Waals surface area contributed by atoms with Crippen molar-refractivity contribution in [2.24, 2.45) is 15.9 Å². The van der Waals surface area contributed by atoms with Gasteiger partial charge in [-0.05, 0) is 23.8 Å². The maximum atomic E-state index is 11.5. The van der Waals surface area contributed by atoms with Gasteiger partial charge in [0.05, 0.1) is 18.0 Å². The van der Waals surface area contributed by atoms with Crippen molar-refractivity contribution in [3.63, 3.8) is 0 Å². The summed E-state index contributed by atoms with van der Waals surface area (Å²) in [6, 6.07) is 18.2. The Morgan fingerprint density at radius 1 is 1.07 bits per heavy atom.